The van der Waals surface area contributed by atoms with E-state index in [1.54, 1.807) is 19.1 Å². The Morgan fingerprint density at radius 2 is 1.75 bits per heavy atom. The van der Waals surface area contributed by atoms with Crippen LogP contribution in [0.15, 0.2) is 24.3 Å². The molecule has 2 amide bonds. The van der Waals surface area contributed by atoms with E-state index in [9.17, 15) is 27.4 Å². The van der Waals surface area contributed by atoms with Crippen LogP contribution in [0.2, 0.25) is 0 Å². The fraction of sp³-hybridized carbons (Fsp3) is 0.400. The third-order valence-corrected chi connectivity index (χ3v) is 4.89. The number of amides is 2. The van der Waals surface area contributed by atoms with Gasteiger partial charge in [0.1, 0.15) is 5.25 Å². The fourth-order valence-electron chi connectivity index (χ4n) is 2.45. The maximum atomic E-state index is 12.2. The molecule has 1 atom stereocenters. The van der Waals surface area contributed by atoms with Gasteiger partial charge in [-0.15, -0.1) is 0 Å². The van der Waals surface area contributed by atoms with E-state index in [0.29, 0.717) is 0 Å². The van der Waals surface area contributed by atoms with Crippen LogP contribution >= 0.6 is 0 Å². The Morgan fingerprint density at radius 3 is 2.21 bits per heavy atom. The lowest BCUT2D eigenvalue weighted by Gasteiger charge is -2.20. The zero-order valence-corrected chi connectivity index (χ0v) is 13.8. The normalized spacial score (nSPS) is 15.3. The smallest absolute Gasteiger partial charge is 0.305 e. The average Bonchev–Trinajstić information content (AvgIpc) is 2.75. The van der Waals surface area contributed by atoms with Crippen molar-refractivity contribution in [3.05, 3.63) is 35.4 Å². The summed E-state index contributed by atoms with van der Waals surface area (Å²) in [4.78, 5) is 36.6. The Morgan fingerprint density at radius 1 is 1.21 bits per heavy atom. The average molecular weight is 355 g/mol. The lowest BCUT2D eigenvalue weighted by atomic mass is 10.1. The maximum Gasteiger partial charge on any atom is 0.305 e. The van der Waals surface area contributed by atoms with Crippen LogP contribution in [-0.2, 0) is 19.6 Å². The number of carbonyl (C=O) groups is 3. The van der Waals surface area contributed by atoms with Crippen LogP contribution in [0, 0.1) is 0 Å². The highest BCUT2D eigenvalue weighted by atomic mass is 32.2. The molecule has 24 heavy (non-hydrogen) atoms. The van der Waals surface area contributed by atoms with Crippen molar-refractivity contribution in [3.8, 4) is 0 Å². The van der Waals surface area contributed by atoms with Crippen molar-refractivity contribution in [2.75, 3.05) is 13.2 Å². The highest BCUT2D eigenvalue weighted by Crippen LogP contribution is 2.24. The Kier molecular flexibility index (Phi) is 5.35. The van der Waals surface area contributed by atoms with Crippen LogP contribution in [-0.4, -0.2) is 54.1 Å². The van der Waals surface area contributed by atoms with E-state index < -0.39 is 39.7 Å². The molecule has 1 aromatic carbocycles. The molecule has 1 aromatic rings. The molecule has 1 heterocycles. The summed E-state index contributed by atoms with van der Waals surface area (Å²) in [5, 5.41) is -1.45. The summed E-state index contributed by atoms with van der Waals surface area (Å²) >= 11 is 0. The first-order valence-corrected chi connectivity index (χ1v) is 8.83. The number of esters is 1. The lowest BCUT2D eigenvalue weighted by Crippen LogP contribution is -2.40. The van der Waals surface area contributed by atoms with Gasteiger partial charge < -0.3 is 4.74 Å². The molecule has 0 saturated carbocycles. The molecule has 1 aliphatic rings. The van der Waals surface area contributed by atoms with Gasteiger partial charge in [-0.3, -0.25) is 23.8 Å². The molecule has 9 heteroatoms. The van der Waals surface area contributed by atoms with Gasteiger partial charge in [0, 0.05) is 13.0 Å². The zero-order valence-electron chi connectivity index (χ0n) is 13.0. The molecule has 0 aliphatic carbocycles. The highest BCUT2D eigenvalue weighted by molar-refractivity contribution is 7.86. The molecule has 1 unspecified atom stereocenters. The van der Waals surface area contributed by atoms with Gasteiger partial charge in [0.2, 0.25) is 0 Å². The standard InChI is InChI=1S/C15H17NO7S/c1-2-23-13(17)8-7-10(24(20,21)22)9-16-14(18)11-5-3-4-6-12(11)15(16)19/h3-6,10H,2,7-9H2,1H3,(H,20,21,22). The predicted octanol–water partition coefficient (Wildman–Crippen LogP) is 0.882. The minimum absolute atomic E-state index is 0.147. The number of nitrogens with zero attached hydrogens (tertiary/aromatic N) is 1. The van der Waals surface area contributed by atoms with Crippen LogP contribution < -0.4 is 0 Å². The number of ether oxygens (including phenoxy) is 1. The van der Waals surface area contributed by atoms with Gasteiger partial charge >= 0.3 is 5.97 Å². The van der Waals surface area contributed by atoms with Crippen molar-refractivity contribution in [2.45, 2.75) is 25.0 Å². The molecular weight excluding hydrogens is 338 g/mol. The summed E-state index contributed by atoms with van der Waals surface area (Å²) in [6.07, 6.45) is -0.507. The number of imide groups is 1. The first kappa shape index (κ1) is 18.1. The molecule has 0 aromatic heterocycles. The molecular formula is C15H17NO7S. The van der Waals surface area contributed by atoms with Crippen LogP contribution in [0.4, 0.5) is 0 Å². The van der Waals surface area contributed by atoms with E-state index in [0.717, 1.165) is 4.90 Å². The first-order valence-electron chi connectivity index (χ1n) is 7.32. The maximum absolute atomic E-state index is 12.2. The number of carbonyl (C=O) groups excluding carboxylic acids is 3. The molecule has 0 fully saturated rings. The predicted molar refractivity (Wildman–Crippen MR) is 83.0 cm³/mol. The van der Waals surface area contributed by atoms with E-state index in [2.05, 4.69) is 0 Å². The minimum Gasteiger partial charge on any atom is -0.466 e. The third-order valence-electron chi connectivity index (χ3n) is 3.66. The van der Waals surface area contributed by atoms with Crippen molar-refractivity contribution in [1.82, 2.24) is 4.90 Å². The van der Waals surface area contributed by atoms with Crippen LogP contribution in [0.5, 0.6) is 0 Å². The van der Waals surface area contributed by atoms with Crippen molar-refractivity contribution in [3.63, 3.8) is 0 Å². The molecule has 0 saturated heterocycles. The van der Waals surface area contributed by atoms with Crippen molar-refractivity contribution < 1.29 is 32.1 Å². The Labute approximate surface area is 139 Å². The van der Waals surface area contributed by atoms with Crippen molar-refractivity contribution in [1.29, 1.82) is 0 Å². The van der Waals surface area contributed by atoms with E-state index in [4.69, 9.17) is 4.74 Å². The summed E-state index contributed by atoms with van der Waals surface area (Å²) in [6.45, 7) is 1.23. The molecule has 8 nitrogen and oxygen atoms in total. The van der Waals surface area contributed by atoms with E-state index in [-0.39, 0.29) is 30.6 Å². The molecule has 0 spiro atoms. The quantitative estimate of drug-likeness (QED) is 0.438. The van der Waals surface area contributed by atoms with Crippen molar-refractivity contribution >= 4 is 27.9 Å². The summed E-state index contributed by atoms with van der Waals surface area (Å²) in [5.41, 5.74) is 0.365. The van der Waals surface area contributed by atoms with Gasteiger partial charge in [0.15, 0.2) is 0 Å². The van der Waals surface area contributed by atoms with Gasteiger partial charge in [-0.05, 0) is 25.5 Å². The van der Waals surface area contributed by atoms with Crippen LogP contribution in [0.3, 0.4) is 0 Å². The first-order chi connectivity index (χ1) is 11.3. The Hall–Kier alpha value is -2.26. The monoisotopic (exact) mass is 355 g/mol. The number of benzene rings is 1. The molecule has 1 N–H and O–H groups in total. The summed E-state index contributed by atoms with van der Waals surface area (Å²) < 4.78 is 37.1. The summed E-state index contributed by atoms with van der Waals surface area (Å²) in [5.74, 6) is -1.87. The Balaban J connectivity index is 2.15. The van der Waals surface area contributed by atoms with Crippen molar-refractivity contribution in [2.24, 2.45) is 0 Å². The van der Waals surface area contributed by atoms with E-state index in [1.807, 2.05) is 0 Å². The second-order valence-electron chi connectivity index (χ2n) is 5.25. The van der Waals surface area contributed by atoms with Gasteiger partial charge in [0.25, 0.3) is 21.9 Å². The largest absolute Gasteiger partial charge is 0.466 e. The molecule has 1 aliphatic heterocycles. The third kappa shape index (κ3) is 3.80. The van der Waals surface area contributed by atoms with Crippen LogP contribution in [0.1, 0.15) is 40.5 Å². The summed E-state index contributed by atoms with van der Waals surface area (Å²) in [6, 6.07) is 6.12. The van der Waals surface area contributed by atoms with Crippen LogP contribution in [0.25, 0.3) is 0 Å². The number of hydrogen-bond acceptors (Lipinski definition) is 6. The molecule has 130 valence electrons. The minimum atomic E-state index is -4.55. The molecule has 2 rings (SSSR count). The molecule has 0 radical (unpaired) electrons. The zero-order chi connectivity index (χ0) is 17.9. The molecule has 0 bridgehead atoms. The Bertz CT molecular complexity index is 737. The fourth-order valence-corrected chi connectivity index (χ4v) is 3.21. The second-order valence-corrected chi connectivity index (χ2v) is 6.94. The van der Waals surface area contributed by atoms with Gasteiger partial charge in [-0.25, -0.2) is 0 Å². The van der Waals surface area contributed by atoms with E-state index >= 15 is 0 Å². The van der Waals surface area contributed by atoms with Gasteiger partial charge in [-0.1, -0.05) is 12.1 Å². The topological polar surface area (TPSA) is 118 Å². The number of fused-ring (bicyclic) bond motifs is 1. The van der Waals surface area contributed by atoms with Gasteiger partial charge in [-0.2, -0.15) is 8.42 Å². The van der Waals surface area contributed by atoms with E-state index in [1.165, 1.54) is 12.1 Å². The number of rotatable bonds is 7. The summed E-state index contributed by atoms with van der Waals surface area (Å²) in [7, 11) is -4.55. The highest BCUT2D eigenvalue weighted by Gasteiger charge is 2.39. The number of hydrogen-bond donors (Lipinski definition) is 1. The SMILES string of the molecule is CCOC(=O)CCC(CN1C(=O)c2ccccc2C1=O)S(=O)(=O)O. The lowest BCUT2D eigenvalue weighted by molar-refractivity contribution is -0.143. The second kappa shape index (κ2) is 7.10. The van der Waals surface area contributed by atoms with Gasteiger partial charge in [0.05, 0.1) is 17.7 Å².